The minimum absolute atomic E-state index is 0.00189. The molecule has 3 nitrogen and oxygen atoms in total. The van der Waals surface area contributed by atoms with Crippen LogP contribution in [-0.2, 0) is 6.18 Å². The Morgan fingerprint density at radius 2 is 1.81 bits per heavy atom. The Hall–Kier alpha value is -2.19. The molecule has 1 aliphatic rings. The van der Waals surface area contributed by atoms with Gasteiger partial charge in [-0.2, -0.15) is 26.3 Å². The van der Waals surface area contributed by atoms with Gasteiger partial charge in [-0.25, -0.2) is 0 Å². The summed E-state index contributed by atoms with van der Waals surface area (Å²) in [5.41, 5.74) is -1.69. The number of hydrogen-bond acceptors (Lipinski definition) is 2. The number of aromatic nitrogens is 1. The third-order valence-electron chi connectivity index (χ3n) is 4.56. The number of H-pyrrole nitrogens is 1. The van der Waals surface area contributed by atoms with Crippen LogP contribution in [0.2, 0.25) is 0 Å². The van der Waals surface area contributed by atoms with Crippen LogP contribution in [0.15, 0.2) is 29.1 Å². The lowest BCUT2D eigenvalue weighted by molar-refractivity contribution is -0.139. The van der Waals surface area contributed by atoms with Crippen LogP contribution in [0.4, 0.5) is 32.0 Å². The van der Waals surface area contributed by atoms with Gasteiger partial charge in [0, 0.05) is 35.2 Å². The molecule has 0 saturated carbocycles. The Morgan fingerprint density at radius 1 is 1.08 bits per heavy atom. The SMILES string of the molecule is O=c1cc(C(F)(F)F)c2cc(N3CCCC[C@@H]3CC(F)(F)F)ccc2[nH]1. The molecule has 26 heavy (non-hydrogen) atoms. The van der Waals surface area contributed by atoms with E-state index < -0.39 is 35.9 Å². The molecule has 1 N–H and O–H groups in total. The van der Waals surface area contributed by atoms with Gasteiger partial charge in [0.15, 0.2) is 0 Å². The van der Waals surface area contributed by atoms with E-state index in [2.05, 4.69) is 4.98 Å². The highest BCUT2D eigenvalue weighted by Crippen LogP contribution is 2.37. The molecule has 142 valence electrons. The van der Waals surface area contributed by atoms with Gasteiger partial charge in [0.05, 0.1) is 12.0 Å². The van der Waals surface area contributed by atoms with Gasteiger partial charge in [-0.3, -0.25) is 4.79 Å². The molecule has 0 bridgehead atoms. The third kappa shape index (κ3) is 3.96. The minimum atomic E-state index is -4.74. The number of piperidine rings is 1. The topological polar surface area (TPSA) is 36.1 Å². The van der Waals surface area contributed by atoms with Crippen molar-refractivity contribution in [3.05, 3.63) is 40.2 Å². The average Bonchev–Trinajstić information content (AvgIpc) is 2.52. The van der Waals surface area contributed by atoms with Crippen LogP contribution in [0.3, 0.4) is 0 Å². The Bertz CT molecular complexity index is 855. The second-order valence-corrected chi connectivity index (χ2v) is 6.44. The second kappa shape index (κ2) is 6.51. The van der Waals surface area contributed by atoms with E-state index in [0.717, 1.165) is 0 Å². The number of alkyl halides is 6. The zero-order valence-electron chi connectivity index (χ0n) is 13.5. The maximum Gasteiger partial charge on any atom is 0.417 e. The van der Waals surface area contributed by atoms with Crippen molar-refractivity contribution in [2.24, 2.45) is 0 Å². The zero-order valence-corrected chi connectivity index (χ0v) is 13.5. The molecule has 1 atom stereocenters. The van der Waals surface area contributed by atoms with Crippen molar-refractivity contribution < 1.29 is 26.3 Å². The van der Waals surface area contributed by atoms with Gasteiger partial charge in [0.25, 0.3) is 0 Å². The highest BCUT2D eigenvalue weighted by atomic mass is 19.4. The van der Waals surface area contributed by atoms with Crippen molar-refractivity contribution in [1.82, 2.24) is 4.98 Å². The molecule has 2 heterocycles. The highest BCUT2D eigenvalue weighted by molar-refractivity contribution is 5.86. The Kier molecular flexibility index (Phi) is 4.66. The lowest BCUT2D eigenvalue weighted by Gasteiger charge is -2.38. The molecule has 0 radical (unpaired) electrons. The van der Waals surface area contributed by atoms with Crippen LogP contribution in [0.25, 0.3) is 10.9 Å². The van der Waals surface area contributed by atoms with Gasteiger partial charge >= 0.3 is 12.4 Å². The standard InChI is InChI=1S/C17H16F6N2O/c18-16(19,20)9-11-3-1-2-6-25(11)10-4-5-14-12(7-10)13(17(21,22)23)8-15(26)24-14/h4-5,7-8,11H,1-3,6,9H2,(H,24,26)/t11-/m1/s1. The molecule has 0 spiro atoms. The Morgan fingerprint density at radius 3 is 2.46 bits per heavy atom. The first-order valence-electron chi connectivity index (χ1n) is 8.12. The number of nitrogens with one attached hydrogen (secondary N) is 1. The quantitative estimate of drug-likeness (QED) is 0.758. The summed E-state index contributed by atoms with van der Waals surface area (Å²) in [6.07, 6.45) is -8.45. The van der Waals surface area contributed by atoms with Crippen molar-refractivity contribution in [2.75, 3.05) is 11.4 Å². The van der Waals surface area contributed by atoms with Crippen LogP contribution in [0, 0.1) is 0 Å². The largest absolute Gasteiger partial charge is 0.417 e. The fourth-order valence-corrected chi connectivity index (χ4v) is 3.47. The first kappa shape index (κ1) is 18.6. The summed E-state index contributed by atoms with van der Waals surface area (Å²) in [4.78, 5) is 15.3. The Labute approximate surface area is 144 Å². The molecule has 2 aromatic rings. The Balaban J connectivity index is 2.07. The van der Waals surface area contributed by atoms with E-state index in [0.29, 0.717) is 37.6 Å². The van der Waals surface area contributed by atoms with E-state index in [1.807, 2.05) is 0 Å². The molecular weight excluding hydrogens is 362 g/mol. The molecule has 0 unspecified atom stereocenters. The van der Waals surface area contributed by atoms with E-state index >= 15 is 0 Å². The number of nitrogens with zero attached hydrogens (tertiary/aromatic N) is 1. The maximum atomic E-state index is 13.3. The number of halogens is 6. The van der Waals surface area contributed by atoms with Crippen LogP contribution >= 0.6 is 0 Å². The first-order chi connectivity index (χ1) is 12.0. The van der Waals surface area contributed by atoms with Gasteiger partial charge in [-0.05, 0) is 37.5 Å². The first-order valence-corrected chi connectivity index (χ1v) is 8.12. The van der Waals surface area contributed by atoms with E-state index in [9.17, 15) is 31.1 Å². The summed E-state index contributed by atoms with van der Waals surface area (Å²) in [5, 5.41) is -0.231. The molecule has 3 rings (SSSR count). The number of fused-ring (bicyclic) bond motifs is 1. The van der Waals surface area contributed by atoms with Crippen molar-refractivity contribution >= 4 is 16.6 Å². The highest BCUT2D eigenvalue weighted by Gasteiger charge is 2.37. The van der Waals surface area contributed by atoms with Crippen LogP contribution in [0.5, 0.6) is 0 Å². The van der Waals surface area contributed by atoms with E-state index in [1.165, 1.54) is 23.1 Å². The maximum absolute atomic E-state index is 13.3. The number of pyridine rings is 1. The van der Waals surface area contributed by atoms with Crippen molar-refractivity contribution in [2.45, 2.75) is 44.1 Å². The fourth-order valence-electron chi connectivity index (χ4n) is 3.47. The predicted octanol–water partition coefficient (Wildman–Crippen LogP) is 4.86. The zero-order chi connectivity index (χ0) is 19.1. The molecule has 1 fully saturated rings. The van der Waals surface area contributed by atoms with Crippen molar-refractivity contribution in [1.29, 1.82) is 0 Å². The van der Waals surface area contributed by atoms with Crippen LogP contribution < -0.4 is 10.5 Å². The fraction of sp³-hybridized carbons (Fsp3) is 0.471. The van der Waals surface area contributed by atoms with Gasteiger partial charge in [0.1, 0.15) is 0 Å². The van der Waals surface area contributed by atoms with E-state index in [-0.39, 0.29) is 10.9 Å². The summed E-state index contributed by atoms with van der Waals surface area (Å²) in [7, 11) is 0. The minimum Gasteiger partial charge on any atom is -0.368 e. The molecular formula is C17H16F6N2O. The lowest BCUT2D eigenvalue weighted by atomic mass is 9.97. The van der Waals surface area contributed by atoms with Gasteiger partial charge < -0.3 is 9.88 Å². The van der Waals surface area contributed by atoms with Crippen molar-refractivity contribution in [3.63, 3.8) is 0 Å². The predicted molar refractivity (Wildman–Crippen MR) is 85.2 cm³/mol. The van der Waals surface area contributed by atoms with E-state index in [1.54, 1.807) is 0 Å². The third-order valence-corrected chi connectivity index (χ3v) is 4.56. The normalized spacial score (nSPS) is 19.2. The lowest BCUT2D eigenvalue weighted by Crippen LogP contribution is -2.42. The van der Waals surface area contributed by atoms with Crippen molar-refractivity contribution in [3.8, 4) is 0 Å². The summed E-state index contributed by atoms with van der Waals surface area (Å²) < 4.78 is 78.3. The average molecular weight is 378 g/mol. The molecule has 1 aromatic heterocycles. The summed E-state index contributed by atoms with van der Waals surface area (Å²) in [5.74, 6) is 0. The molecule has 1 saturated heterocycles. The van der Waals surface area contributed by atoms with Gasteiger partial charge in [0.2, 0.25) is 5.56 Å². The summed E-state index contributed by atoms with van der Waals surface area (Å²) in [6.45, 7) is 0.344. The molecule has 1 aliphatic heterocycles. The molecule has 9 heteroatoms. The second-order valence-electron chi connectivity index (χ2n) is 6.44. The molecule has 0 amide bonds. The number of rotatable bonds is 2. The molecule has 1 aromatic carbocycles. The van der Waals surface area contributed by atoms with Crippen LogP contribution in [-0.4, -0.2) is 23.7 Å². The number of aromatic amines is 1. The molecule has 0 aliphatic carbocycles. The van der Waals surface area contributed by atoms with E-state index in [4.69, 9.17) is 0 Å². The summed E-state index contributed by atoms with van der Waals surface area (Å²) >= 11 is 0. The number of benzene rings is 1. The number of anilines is 1. The number of hydrogen-bond donors (Lipinski definition) is 1. The van der Waals surface area contributed by atoms with Gasteiger partial charge in [-0.1, -0.05) is 0 Å². The summed E-state index contributed by atoms with van der Waals surface area (Å²) in [6, 6.07) is 3.63. The van der Waals surface area contributed by atoms with Gasteiger partial charge in [-0.15, -0.1) is 0 Å². The smallest absolute Gasteiger partial charge is 0.368 e. The monoisotopic (exact) mass is 378 g/mol. The van der Waals surface area contributed by atoms with Crippen LogP contribution in [0.1, 0.15) is 31.2 Å².